The van der Waals surface area contributed by atoms with Gasteiger partial charge in [0.2, 0.25) is 0 Å². The Morgan fingerprint density at radius 2 is 2.05 bits per heavy atom. The number of carbonyl (C=O) groups excluding carboxylic acids is 2. The van der Waals surface area contributed by atoms with E-state index in [9.17, 15) is 9.59 Å². The Morgan fingerprint density at radius 1 is 1.35 bits per heavy atom. The number of esters is 1. The molecule has 1 aromatic carbocycles. The number of carbonyl (C=O) groups is 2. The van der Waals surface area contributed by atoms with E-state index >= 15 is 0 Å². The highest BCUT2D eigenvalue weighted by Gasteiger charge is 2.24. The van der Waals surface area contributed by atoms with E-state index in [0.29, 0.717) is 5.13 Å². The predicted molar refractivity (Wildman–Crippen MR) is 77.2 cm³/mol. The first-order chi connectivity index (χ1) is 9.61. The van der Waals surface area contributed by atoms with Crippen molar-refractivity contribution in [2.75, 3.05) is 17.7 Å². The number of hydrogen-bond acceptors (Lipinski definition) is 7. The first-order valence-electron chi connectivity index (χ1n) is 5.91. The number of nitrogen functional groups attached to an aromatic ring is 1. The Labute approximate surface area is 119 Å². The van der Waals surface area contributed by atoms with E-state index in [0.717, 1.165) is 17.0 Å². The van der Waals surface area contributed by atoms with Gasteiger partial charge in [-0.2, -0.15) is 0 Å². The number of anilines is 3. The number of nitrogens with zero attached hydrogens (tertiary/aromatic N) is 1. The molecule has 0 atom stereocenters. The SMILES string of the molecule is CCOC(=O)C(=O)c1sc(Nc2ccccc2)nc1N. The van der Waals surface area contributed by atoms with Crippen LogP contribution in [0.4, 0.5) is 16.6 Å². The number of aromatic nitrogens is 1. The molecular formula is C13H13N3O3S. The van der Waals surface area contributed by atoms with Crippen LogP contribution in [-0.4, -0.2) is 23.3 Å². The van der Waals surface area contributed by atoms with E-state index in [1.807, 2.05) is 30.3 Å². The number of benzene rings is 1. The van der Waals surface area contributed by atoms with Crippen LogP contribution in [-0.2, 0) is 9.53 Å². The van der Waals surface area contributed by atoms with Crippen LogP contribution in [0, 0.1) is 0 Å². The molecule has 104 valence electrons. The van der Waals surface area contributed by atoms with E-state index < -0.39 is 11.8 Å². The molecule has 0 bridgehead atoms. The van der Waals surface area contributed by atoms with Crippen LogP contribution in [0.15, 0.2) is 30.3 Å². The fraction of sp³-hybridized carbons (Fsp3) is 0.154. The standard InChI is InChI=1S/C13H13N3O3S/c1-2-19-12(18)9(17)10-11(14)16-13(20-10)15-8-6-4-3-5-7-8/h3-7H,2,14H2,1H3,(H,15,16). The fourth-order valence-electron chi connectivity index (χ4n) is 1.48. The van der Waals surface area contributed by atoms with Crippen LogP contribution in [0.2, 0.25) is 0 Å². The number of nitrogens with two attached hydrogens (primary N) is 1. The van der Waals surface area contributed by atoms with Crippen molar-refractivity contribution in [3.8, 4) is 0 Å². The van der Waals surface area contributed by atoms with Crippen molar-refractivity contribution < 1.29 is 14.3 Å². The van der Waals surface area contributed by atoms with E-state index in [4.69, 9.17) is 5.73 Å². The lowest BCUT2D eigenvalue weighted by Crippen LogP contribution is -2.17. The number of Topliss-reactive ketones (excluding diaryl/α,β-unsaturated/α-hetero) is 1. The van der Waals surface area contributed by atoms with Gasteiger partial charge in [-0.15, -0.1) is 0 Å². The Morgan fingerprint density at radius 3 is 2.70 bits per heavy atom. The number of hydrogen-bond donors (Lipinski definition) is 2. The maximum atomic E-state index is 11.8. The van der Waals surface area contributed by atoms with Crippen molar-refractivity contribution in [2.24, 2.45) is 0 Å². The summed E-state index contributed by atoms with van der Waals surface area (Å²) < 4.78 is 4.66. The monoisotopic (exact) mass is 291 g/mol. The fourth-order valence-corrected chi connectivity index (χ4v) is 2.31. The highest BCUT2D eigenvalue weighted by molar-refractivity contribution is 7.18. The number of nitrogens with one attached hydrogen (secondary N) is 1. The van der Waals surface area contributed by atoms with Gasteiger partial charge in [0.25, 0.3) is 5.78 Å². The summed E-state index contributed by atoms with van der Waals surface area (Å²) in [6, 6.07) is 9.32. The molecule has 0 fully saturated rings. The average Bonchev–Trinajstić information content (AvgIpc) is 2.80. The minimum Gasteiger partial charge on any atom is -0.460 e. The van der Waals surface area contributed by atoms with Crippen LogP contribution in [0.25, 0.3) is 0 Å². The topological polar surface area (TPSA) is 94.3 Å². The molecule has 7 heteroatoms. The zero-order chi connectivity index (χ0) is 14.5. The van der Waals surface area contributed by atoms with E-state index in [1.54, 1.807) is 6.92 Å². The minimum atomic E-state index is -0.922. The second kappa shape index (κ2) is 6.16. The van der Waals surface area contributed by atoms with Crippen LogP contribution < -0.4 is 11.1 Å². The molecule has 2 aromatic rings. The number of ketones is 1. The molecule has 1 aromatic heterocycles. The van der Waals surface area contributed by atoms with Crippen molar-refractivity contribution in [1.82, 2.24) is 4.98 Å². The molecule has 0 aliphatic carbocycles. The quantitative estimate of drug-likeness (QED) is 0.498. The Bertz CT molecular complexity index is 625. The smallest absolute Gasteiger partial charge is 0.380 e. The molecule has 6 nitrogen and oxygen atoms in total. The highest BCUT2D eigenvalue weighted by atomic mass is 32.1. The summed E-state index contributed by atoms with van der Waals surface area (Å²) in [7, 11) is 0. The third kappa shape index (κ3) is 3.12. The number of para-hydroxylation sites is 1. The van der Waals surface area contributed by atoms with Crippen LogP contribution in [0.5, 0.6) is 0 Å². The second-order valence-corrected chi connectivity index (χ2v) is 4.77. The van der Waals surface area contributed by atoms with Gasteiger partial charge in [-0.25, -0.2) is 9.78 Å². The molecule has 0 saturated carbocycles. The molecule has 0 aliphatic rings. The van der Waals surface area contributed by atoms with Crippen LogP contribution in [0.3, 0.4) is 0 Å². The lowest BCUT2D eigenvalue weighted by atomic mass is 10.3. The summed E-state index contributed by atoms with van der Waals surface area (Å²) in [5.41, 5.74) is 6.48. The lowest BCUT2D eigenvalue weighted by Gasteiger charge is -2.00. The minimum absolute atomic E-state index is 0.0199. The maximum Gasteiger partial charge on any atom is 0.380 e. The maximum absolute atomic E-state index is 11.8. The van der Waals surface area contributed by atoms with E-state index in [-0.39, 0.29) is 17.3 Å². The van der Waals surface area contributed by atoms with Gasteiger partial charge < -0.3 is 15.8 Å². The molecule has 0 amide bonds. The summed E-state index contributed by atoms with van der Waals surface area (Å²) in [6.45, 7) is 1.77. The molecule has 0 unspecified atom stereocenters. The summed E-state index contributed by atoms with van der Waals surface area (Å²) >= 11 is 1.02. The molecular weight excluding hydrogens is 278 g/mol. The second-order valence-electron chi connectivity index (χ2n) is 3.77. The zero-order valence-corrected chi connectivity index (χ0v) is 11.6. The third-order valence-electron chi connectivity index (χ3n) is 2.35. The van der Waals surface area contributed by atoms with Crippen molar-refractivity contribution in [2.45, 2.75) is 6.92 Å². The number of thiazole rings is 1. The molecule has 2 rings (SSSR count). The Kier molecular flexibility index (Phi) is 4.31. The molecule has 1 heterocycles. The van der Waals surface area contributed by atoms with Gasteiger partial charge in [0.1, 0.15) is 10.7 Å². The molecule has 20 heavy (non-hydrogen) atoms. The van der Waals surface area contributed by atoms with E-state index in [1.165, 1.54) is 0 Å². The van der Waals surface area contributed by atoms with Crippen molar-refractivity contribution in [3.63, 3.8) is 0 Å². The molecule has 3 N–H and O–H groups in total. The highest BCUT2D eigenvalue weighted by Crippen LogP contribution is 2.28. The first-order valence-corrected chi connectivity index (χ1v) is 6.73. The van der Waals surface area contributed by atoms with Crippen molar-refractivity contribution in [3.05, 3.63) is 35.2 Å². The van der Waals surface area contributed by atoms with Gasteiger partial charge in [0, 0.05) is 5.69 Å². The van der Waals surface area contributed by atoms with Crippen molar-refractivity contribution in [1.29, 1.82) is 0 Å². The van der Waals surface area contributed by atoms with E-state index in [2.05, 4.69) is 15.0 Å². The van der Waals surface area contributed by atoms with Gasteiger partial charge in [-0.3, -0.25) is 4.79 Å². The number of ether oxygens (including phenoxy) is 1. The molecule has 0 radical (unpaired) electrons. The summed E-state index contributed by atoms with van der Waals surface area (Å²) in [5, 5.41) is 3.46. The Hall–Kier alpha value is -2.41. The van der Waals surface area contributed by atoms with Crippen LogP contribution in [0.1, 0.15) is 16.6 Å². The molecule has 0 saturated heterocycles. The summed E-state index contributed by atoms with van der Waals surface area (Å²) in [5.74, 6) is -1.68. The van der Waals surface area contributed by atoms with Gasteiger partial charge in [-0.1, -0.05) is 29.5 Å². The average molecular weight is 291 g/mol. The Balaban J connectivity index is 2.17. The zero-order valence-electron chi connectivity index (χ0n) is 10.8. The van der Waals surface area contributed by atoms with Crippen molar-refractivity contribution >= 4 is 39.7 Å². The molecule has 0 aliphatic heterocycles. The first kappa shape index (κ1) is 14.0. The number of rotatable bonds is 5. The summed E-state index contributed by atoms with van der Waals surface area (Å²) in [6.07, 6.45) is 0. The van der Waals surface area contributed by atoms with Gasteiger partial charge in [0.05, 0.1) is 6.61 Å². The van der Waals surface area contributed by atoms with Gasteiger partial charge in [-0.05, 0) is 19.1 Å². The normalized spacial score (nSPS) is 10.1. The van der Waals surface area contributed by atoms with Gasteiger partial charge in [0.15, 0.2) is 5.13 Å². The lowest BCUT2D eigenvalue weighted by molar-refractivity contribution is -0.137. The van der Waals surface area contributed by atoms with Gasteiger partial charge >= 0.3 is 5.97 Å². The molecule has 0 spiro atoms. The largest absolute Gasteiger partial charge is 0.460 e. The summed E-state index contributed by atoms with van der Waals surface area (Å²) in [4.78, 5) is 27.3. The van der Waals surface area contributed by atoms with Crippen LogP contribution >= 0.6 is 11.3 Å². The third-order valence-corrected chi connectivity index (χ3v) is 3.33. The predicted octanol–water partition coefficient (Wildman–Crippen LogP) is 2.21.